The summed E-state index contributed by atoms with van der Waals surface area (Å²) in [6.45, 7) is 7.64. The topological polar surface area (TPSA) is 66.4 Å². The first-order valence-electron chi connectivity index (χ1n) is 4.57. The van der Waals surface area contributed by atoms with E-state index in [1.807, 2.05) is 0 Å². The zero-order valence-electron chi connectivity index (χ0n) is 9.05. The molecule has 0 spiro atoms. The summed E-state index contributed by atoms with van der Waals surface area (Å²) in [7, 11) is 1.45. The summed E-state index contributed by atoms with van der Waals surface area (Å²) in [6, 6.07) is 0.393. The van der Waals surface area contributed by atoms with E-state index in [0.717, 1.165) is 0 Å². The number of hydrogen-bond donors (Lipinski definition) is 0. The molecular formula is C10H13N3O3. The Morgan fingerprint density at radius 1 is 0.938 bits per heavy atom. The minimum atomic E-state index is 0.130. The molecule has 0 fully saturated rings. The van der Waals surface area contributed by atoms with Crippen molar-refractivity contribution >= 4 is 0 Å². The largest absolute Gasteiger partial charge is 0.467 e. The second-order valence-corrected chi connectivity index (χ2v) is 2.59. The van der Waals surface area contributed by atoms with E-state index in [-0.39, 0.29) is 18.0 Å². The lowest BCUT2D eigenvalue weighted by Crippen LogP contribution is -2.05. The van der Waals surface area contributed by atoms with E-state index in [1.165, 1.54) is 7.11 Å². The summed E-state index contributed by atoms with van der Waals surface area (Å²) in [6.07, 6.45) is 3.17. The number of methoxy groups -OCH3 is 1. The van der Waals surface area contributed by atoms with Crippen molar-refractivity contribution in [1.82, 2.24) is 15.0 Å². The number of hydrogen-bond acceptors (Lipinski definition) is 6. The zero-order chi connectivity index (χ0) is 11.8. The van der Waals surface area contributed by atoms with Gasteiger partial charge in [0, 0.05) is 0 Å². The maximum absolute atomic E-state index is 5.15. The van der Waals surface area contributed by atoms with Crippen LogP contribution in [0.3, 0.4) is 0 Å². The lowest BCUT2D eigenvalue weighted by Gasteiger charge is -2.05. The van der Waals surface area contributed by atoms with Gasteiger partial charge in [0.05, 0.1) is 7.11 Å². The van der Waals surface area contributed by atoms with E-state index < -0.39 is 0 Å². The molecule has 1 aromatic heterocycles. The predicted octanol–water partition coefficient (Wildman–Crippen LogP) is 1.01. The molecule has 86 valence electrons. The minimum absolute atomic E-state index is 0.130. The average molecular weight is 223 g/mol. The van der Waals surface area contributed by atoms with Crippen molar-refractivity contribution in [3.8, 4) is 18.0 Å². The lowest BCUT2D eigenvalue weighted by atomic mass is 10.7. The van der Waals surface area contributed by atoms with Gasteiger partial charge in [-0.25, -0.2) is 0 Å². The van der Waals surface area contributed by atoms with E-state index >= 15 is 0 Å². The monoisotopic (exact) mass is 223 g/mol. The number of rotatable bonds is 7. The highest BCUT2D eigenvalue weighted by molar-refractivity contribution is 5.09. The van der Waals surface area contributed by atoms with Gasteiger partial charge in [0.2, 0.25) is 0 Å². The predicted molar refractivity (Wildman–Crippen MR) is 57.8 cm³/mol. The summed E-state index contributed by atoms with van der Waals surface area (Å²) in [4.78, 5) is 11.7. The van der Waals surface area contributed by atoms with Crippen molar-refractivity contribution in [2.24, 2.45) is 0 Å². The maximum Gasteiger partial charge on any atom is 0.326 e. The van der Waals surface area contributed by atoms with Crippen molar-refractivity contribution in [3.63, 3.8) is 0 Å². The molecule has 0 saturated heterocycles. The van der Waals surface area contributed by atoms with Crippen LogP contribution < -0.4 is 14.2 Å². The summed E-state index contributed by atoms with van der Waals surface area (Å²) < 4.78 is 15.2. The third-order valence-electron chi connectivity index (χ3n) is 1.42. The highest BCUT2D eigenvalue weighted by atomic mass is 16.5. The van der Waals surface area contributed by atoms with Gasteiger partial charge in [0.1, 0.15) is 13.2 Å². The molecule has 0 aliphatic rings. The molecule has 1 heterocycles. The molecule has 1 aromatic rings. The highest BCUT2D eigenvalue weighted by Gasteiger charge is 2.07. The Bertz CT molecular complexity index is 338. The first-order chi connectivity index (χ1) is 7.80. The molecule has 0 aromatic carbocycles. The Hall–Kier alpha value is -2.11. The van der Waals surface area contributed by atoms with E-state index in [1.54, 1.807) is 12.2 Å². The normalized spacial score (nSPS) is 9.31. The summed E-state index contributed by atoms with van der Waals surface area (Å²) in [5.41, 5.74) is 0. The molecule has 0 unspecified atom stereocenters. The van der Waals surface area contributed by atoms with Crippen LogP contribution in [0.15, 0.2) is 25.3 Å². The molecule has 0 aliphatic carbocycles. The van der Waals surface area contributed by atoms with Crippen molar-refractivity contribution < 1.29 is 14.2 Å². The van der Waals surface area contributed by atoms with Crippen LogP contribution in [0.4, 0.5) is 0 Å². The van der Waals surface area contributed by atoms with Gasteiger partial charge in [0.15, 0.2) is 0 Å². The van der Waals surface area contributed by atoms with Crippen LogP contribution in [-0.2, 0) is 0 Å². The number of nitrogens with zero attached hydrogens (tertiary/aromatic N) is 3. The lowest BCUT2D eigenvalue weighted by molar-refractivity contribution is 0.278. The molecular weight excluding hydrogens is 210 g/mol. The number of aromatic nitrogens is 3. The minimum Gasteiger partial charge on any atom is -0.467 e. The first-order valence-corrected chi connectivity index (χ1v) is 4.57. The van der Waals surface area contributed by atoms with Crippen LogP contribution in [0, 0.1) is 0 Å². The molecule has 0 aliphatic heterocycles. The Balaban J connectivity index is 2.81. The molecule has 0 amide bonds. The smallest absolute Gasteiger partial charge is 0.326 e. The molecule has 6 nitrogen and oxygen atoms in total. The van der Waals surface area contributed by atoms with Gasteiger partial charge in [-0.2, -0.15) is 0 Å². The van der Waals surface area contributed by atoms with Gasteiger partial charge in [-0.15, -0.1) is 15.0 Å². The number of ether oxygens (including phenoxy) is 3. The fourth-order valence-corrected chi connectivity index (χ4v) is 0.808. The highest BCUT2D eigenvalue weighted by Crippen LogP contribution is 2.14. The Morgan fingerprint density at radius 2 is 1.38 bits per heavy atom. The van der Waals surface area contributed by atoms with Crippen molar-refractivity contribution in [2.75, 3.05) is 20.3 Å². The molecule has 0 N–H and O–H groups in total. The third kappa shape index (κ3) is 3.56. The Kier molecular flexibility index (Phi) is 4.78. The van der Waals surface area contributed by atoms with E-state index in [4.69, 9.17) is 14.2 Å². The molecule has 0 radical (unpaired) electrons. The van der Waals surface area contributed by atoms with Crippen LogP contribution >= 0.6 is 0 Å². The van der Waals surface area contributed by atoms with Crippen LogP contribution in [0.5, 0.6) is 18.0 Å². The van der Waals surface area contributed by atoms with Crippen molar-refractivity contribution in [2.45, 2.75) is 0 Å². The van der Waals surface area contributed by atoms with Gasteiger partial charge in [-0.05, 0) is 0 Å². The molecule has 0 saturated carbocycles. The van der Waals surface area contributed by atoms with Gasteiger partial charge in [0.25, 0.3) is 0 Å². The van der Waals surface area contributed by atoms with E-state index in [0.29, 0.717) is 13.2 Å². The van der Waals surface area contributed by atoms with Gasteiger partial charge < -0.3 is 14.2 Å². The fraction of sp³-hybridized carbons (Fsp3) is 0.300. The van der Waals surface area contributed by atoms with Gasteiger partial charge >= 0.3 is 18.0 Å². The quantitative estimate of drug-likeness (QED) is 0.643. The molecule has 0 atom stereocenters. The molecule has 16 heavy (non-hydrogen) atoms. The SMILES string of the molecule is C=CCOc1nc(OC)nc(OCC=C)n1. The van der Waals surface area contributed by atoms with Gasteiger partial charge in [-0.3, -0.25) is 0 Å². The molecule has 0 bridgehead atoms. The average Bonchev–Trinajstić information content (AvgIpc) is 2.33. The second-order valence-electron chi connectivity index (χ2n) is 2.59. The Labute approximate surface area is 93.6 Å². The third-order valence-corrected chi connectivity index (χ3v) is 1.42. The molecule has 6 heteroatoms. The van der Waals surface area contributed by atoms with Gasteiger partial charge in [-0.1, -0.05) is 25.3 Å². The standard InChI is InChI=1S/C10H13N3O3/c1-4-6-15-9-11-8(14-3)12-10(13-9)16-7-5-2/h4-5H,1-2,6-7H2,3H3. The first kappa shape index (κ1) is 12.0. The van der Waals surface area contributed by atoms with Crippen LogP contribution in [-0.4, -0.2) is 35.3 Å². The summed E-state index contributed by atoms with van der Waals surface area (Å²) in [5.74, 6) is 0. The molecule has 1 rings (SSSR count). The maximum atomic E-state index is 5.15. The summed E-state index contributed by atoms with van der Waals surface area (Å²) >= 11 is 0. The van der Waals surface area contributed by atoms with Crippen LogP contribution in [0.25, 0.3) is 0 Å². The summed E-state index contributed by atoms with van der Waals surface area (Å²) in [5, 5.41) is 0. The van der Waals surface area contributed by atoms with E-state index in [2.05, 4.69) is 28.1 Å². The van der Waals surface area contributed by atoms with E-state index in [9.17, 15) is 0 Å². The van der Waals surface area contributed by atoms with Crippen LogP contribution in [0.2, 0.25) is 0 Å². The Morgan fingerprint density at radius 3 is 1.75 bits per heavy atom. The van der Waals surface area contributed by atoms with Crippen LogP contribution in [0.1, 0.15) is 0 Å². The van der Waals surface area contributed by atoms with Crippen molar-refractivity contribution in [1.29, 1.82) is 0 Å². The van der Waals surface area contributed by atoms with Crippen molar-refractivity contribution in [3.05, 3.63) is 25.3 Å². The fourth-order valence-electron chi connectivity index (χ4n) is 0.808. The second kappa shape index (κ2) is 6.39. The zero-order valence-corrected chi connectivity index (χ0v) is 9.05.